The molecular formula is C23H31F2NO2Pt. The van der Waals surface area contributed by atoms with E-state index in [9.17, 15) is 19.0 Å². The number of hydrogen-bond donors (Lipinski definition) is 2. The molecule has 0 spiro atoms. The van der Waals surface area contributed by atoms with E-state index in [1.54, 1.807) is 24.4 Å². The molecule has 164 valence electrons. The molecule has 0 saturated carbocycles. The van der Waals surface area contributed by atoms with Crippen molar-refractivity contribution in [3.8, 4) is 11.3 Å². The van der Waals surface area contributed by atoms with Crippen LogP contribution >= 0.6 is 0 Å². The molecule has 0 bridgehead atoms. The summed E-state index contributed by atoms with van der Waals surface area (Å²) in [7, 11) is 0. The van der Waals surface area contributed by atoms with Crippen LogP contribution in [0.2, 0.25) is 0 Å². The van der Waals surface area contributed by atoms with Gasteiger partial charge < -0.3 is 22.6 Å². The third kappa shape index (κ3) is 10.1. The van der Waals surface area contributed by atoms with Crippen molar-refractivity contribution in [2.75, 3.05) is 0 Å². The third-order valence-corrected chi connectivity index (χ3v) is 3.75. The number of halogens is 2. The summed E-state index contributed by atoms with van der Waals surface area (Å²) in [5.74, 6) is -1.04. The first-order valence-corrected chi connectivity index (χ1v) is 8.70. The topological polar surface area (TPSA) is 53.4 Å². The number of aliphatic hydroxyl groups excluding tert-OH is 2. The van der Waals surface area contributed by atoms with E-state index in [-0.39, 0.29) is 50.6 Å². The molecule has 0 saturated heterocycles. The Morgan fingerprint density at radius 3 is 2.14 bits per heavy atom. The second-order valence-corrected chi connectivity index (χ2v) is 8.37. The van der Waals surface area contributed by atoms with Crippen molar-refractivity contribution in [1.29, 1.82) is 0 Å². The van der Waals surface area contributed by atoms with Crippen LogP contribution in [-0.4, -0.2) is 21.3 Å². The molecule has 0 amide bonds. The molecule has 0 aliphatic rings. The molecule has 2 rings (SSSR count). The number of nitrogens with zero attached hydrogens (tertiary/aromatic N) is 1. The van der Waals surface area contributed by atoms with E-state index >= 15 is 0 Å². The summed E-state index contributed by atoms with van der Waals surface area (Å²) >= 11 is 0. The Bertz CT molecular complexity index is 767. The van der Waals surface area contributed by atoms with Crippen LogP contribution in [-0.2, 0) is 21.1 Å². The molecule has 1 atom stereocenters. The summed E-state index contributed by atoms with van der Waals surface area (Å²) in [6, 6.07) is 9.53. The number of aromatic nitrogens is 1. The number of allylic oxidation sites excluding steroid dienone is 1. The molecule has 1 unspecified atom stereocenters. The monoisotopic (exact) mass is 586 g/mol. The summed E-state index contributed by atoms with van der Waals surface area (Å²) in [6.07, 6.45) is 2.47. The van der Waals surface area contributed by atoms with Crippen molar-refractivity contribution in [2.45, 2.75) is 47.6 Å². The Balaban J connectivity index is 0. The molecule has 0 radical (unpaired) electrons. The Hall–Kier alpha value is -1.58. The Morgan fingerprint density at radius 2 is 1.72 bits per heavy atom. The zero-order valence-electron chi connectivity index (χ0n) is 18.0. The van der Waals surface area contributed by atoms with Gasteiger partial charge in [0.2, 0.25) is 0 Å². The molecule has 1 aromatic heterocycles. The molecule has 0 aliphatic carbocycles. The molecule has 3 nitrogen and oxygen atoms in total. The molecule has 0 fully saturated rings. The normalized spacial score (nSPS) is 12.7. The van der Waals surface area contributed by atoms with E-state index in [2.05, 4.69) is 11.1 Å². The molecule has 1 aromatic carbocycles. The fourth-order valence-corrected chi connectivity index (χ4v) is 1.80. The van der Waals surface area contributed by atoms with Crippen LogP contribution in [0.15, 0.2) is 48.4 Å². The summed E-state index contributed by atoms with van der Waals surface area (Å²) in [5, 5.41) is 19.3. The van der Waals surface area contributed by atoms with Crippen LogP contribution in [0.4, 0.5) is 8.78 Å². The predicted octanol–water partition coefficient (Wildman–Crippen LogP) is 6.16. The van der Waals surface area contributed by atoms with Gasteiger partial charge in [0.05, 0.1) is 11.9 Å². The molecule has 2 N–H and O–H groups in total. The first kappa shape index (κ1) is 29.6. The van der Waals surface area contributed by atoms with Crippen LogP contribution < -0.4 is 0 Å². The van der Waals surface area contributed by atoms with Crippen molar-refractivity contribution in [1.82, 2.24) is 4.98 Å². The minimum absolute atomic E-state index is 0. The average Bonchev–Trinajstić information content (AvgIpc) is 2.54. The van der Waals surface area contributed by atoms with Crippen molar-refractivity contribution >= 4 is 0 Å². The van der Waals surface area contributed by atoms with E-state index in [4.69, 9.17) is 0 Å². The van der Waals surface area contributed by atoms with Crippen LogP contribution in [0, 0.1) is 36.0 Å². The van der Waals surface area contributed by atoms with Crippen molar-refractivity contribution in [3.63, 3.8) is 0 Å². The fourth-order valence-electron chi connectivity index (χ4n) is 1.80. The maximum absolute atomic E-state index is 13.2. The van der Waals surface area contributed by atoms with E-state index < -0.39 is 17.7 Å². The molecule has 2 aromatic rings. The number of hydrogen-bond acceptors (Lipinski definition) is 3. The standard InChI is InChI=1S/C11H6F2N.C11H22O2.CH3.Pt/c12-8-4-5-9(10(13)7-8)11-3-1-2-6-14-11;1-10(2,3)8(12)7-9(13)11(4,5)6;;/h1-4,6-7H;7-8,12-13H,1-6H3;1H3;/q-1;;-1;+2. The quantitative estimate of drug-likeness (QED) is 0.328. The van der Waals surface area contributed by atoms with Gasteiger partial charge in [0, 0.05) is 23.2 Å². The van der Waals surface area contributed by atoms with Gasteiger partial charge in [0.1, 0.15) is 0 Å². The first-order chi connectivity index (χ1) is 12.3. The second kappa shape index (κ2) is 12.2. The number of aliphatic hydroxyl groups is 2. The molecule has 29 heavy (non-hydrogen) atoms. The van der Waals surface area contributed by atoms with Crippen LogP contribution in [0.1, 0.15) is 41.5 Å². The summed E-state index contributed by atoms with van der Waals surface area (Å²) in [5.41, 5.74) is 0.128. The molecule has 6 heteroatoms. The Labute approximate surface area is 188 Å². The van der Waals surface area contributed by atoms with Gasteiger partial charge in [0.15, 0.2) is 0 Å². The Morgan fingerprint density at radius 1 is 1.14 bits per heavy atom. The Kier molecular flexibility index (Phi) is 12.5. The zero-order chi connectivity index (χ0) is 20.8. The molecule has 0 aliphatic heterocycles. The van der Waals surface area contributed by atoms with Crippen molar-refractivity contribution in [2.24, 2.45) is 10.8 Å². The summed E-state index contributed by atoms with van der Waals surface area (Å²) in [4.78, 5) is 3.95. The summed E-state index contributed by atoms with van der Waals surface area (Å²) in [6.45, 7) is 11.5. The maximum Gasteiger partial charge on any atom is 2.00 e. The van der Waals surface area contributed by atoms with E-state index in [0.717, 1.165) is 12.1 Å². The van der Waals surface area contributed by atoms with Gasteiger partial charge in [-0.25, -0.2) is 0 Å². The maximum atomic E-state index is 13.2. The van der Waals surface area contributed by atoms with Crippen LogP contribution in [0.3, 0.4) is 0 Å². The van der Waals surface area contributed by atoms with Crippen molar-refractivity contribution in [3.05, 3.63) is 73.5 Å². The number of rotatable bonds is 2. The predicted molar refractivity (Wildman–Crippen MR) is 110 cm³/mol. The van der Waals surface area contributed by atoms with Gasteiger partial charge in [-0.2, -0.15) is 0 Å². The van der Waals surface area contributed by atoms with Gasteiger partial charge in [-0.3, -0.25) is 8.78 Å². The van der Waals surface area contributed by atoms with Crippen LogP contribution in [0.25, 0.3) is 11.3 Å². The van der Waals surface area contributed by atoms with Gasteiger partial charge in [-0.05, 0) is 23.3 Å². The van der Waals surface area contributed by atoms with Crippen LogP contribution in [0.5, 0.6) is 0 Å². The molecule has 1 heterocycles. The molecular weight excluding hydrogens is 555 g/mol. The largest absolute Gasteiger partial charge is 2.00 e. The van der Waals surface area contributed by atoms with Crippen molar-refractivity contribution < 1.29 is 40.1 Å². The summed E-state index contributed by atoms with van der Waals surface area (Å²) < 4.78 is 25.8. The van der Waals surface area contributed by atoms with E-state index in [0.29, 0.717) is 5.69 Å². The number of benzene rings is 1. The number of pyridine rings is 1. The van der Waals surface area contributed by atoms with E-state index in [1.807, 2.05) is 41.5 Å². The minimum Gasteiger partial charge on any atom is -0.512 e. The van der Waals surface area contributed by atoms with E-state index in [1.165, 1.54) is 6.08 Å². The second-order valence-electron chi connectivity index (χ2n) is 8.37. The van der Waals surface area contributed by atoms with Gasteiger partial charge in [0.25, 0.3) is 0 Å². The third-order valence-electron chi connectivity index (χ3n) is 3.75. The van der Waals surface area contributed by atoms with Gasteiger partial charge >= 0.3 is 21.1 Å². The van der Waals surface area contributed by atoms with Gasteiger partial charge in [-0.15, -0.1) is 12.1 Å². The minimum atomic E-state index is -0.649. The zero-order valence-corrected chi connectivity index (χ0v) is 20.3. The SMILES string of the molecule is CC(C)(C)C(O)=CC(O)C(C)(C)C.Fc1c[c-]c(-c2ccccn2)c(F)c1.[CH3-].[Pt+2]. The smallest absolute Gasteiger partial charge is 0.512 e. The van der Waals surface area contributed by atoms with Gasteiger partial charge in [-0.1, -0.05) is 65.3 Å². The fraction of sp³-hybridized carbons (Fsp3) is 0.391. The average molecular weight is 587 g/mol. The first-order valence-electron chi connectivity index (χ1n) is 8.70.